The summed E-state index contributed by atoms with van der Waals surface area (Å²) in [5.41, 5.74) is 4.87. The van der Waals surface area contributed by atoms with E-state index < -0.39 is 0 Å². The summed E-state index contributed by atoms with van der Waals surface area (Å²) >= 11 is 0. The third-order valence-electron chi connectivity index (χ3n) is 5.83. The number of ether oxygens (including phenoxy) is 1. The second-order valence-corrected chi connectivity index (χ2v) is 8.05. The van der Waals surface area contributed by atoms with Gasteiger partial charge in [0.1, 0.15) is 5.82 Å². The van der Waals surface area contributed by atoms with Gasteiger partial charge in [0.25, 0.3) is 0 Å². The Hall–Kier alpha value is -2.46. The van der Waals surface area contributed by atoms with Crippen molar-refractivity contribution in [2.75, 3.05) is 6.61 Å². The Balaban J connectivity index is 1.55. The first kappa shape index (κ1) is 18.9. The van der Waals surface area contributed by atoms with Gasteiger partial charge in [-0.15, -0.1) is 0 Å². The Morgan fingerprint density at radius 1 is 1.14 bits per heavy atom. The van der Waals surface area contributed by atoms with Crippen molar-refractivity contribution in [3.63, 3.8) is 0 Å². The summed E-state index contributed by atoms with van der Waals surface area (Å²) in [6, 6.07) is 17.1. The molecule has 0 fully saturated rings. The highest BCUT2D eigenvalue weighted by Crippen LogP contribution is 2.43. The van der Waals surface area contributed by atoms with Crippen LogP contribution in [-0.2, 0) is 17.6 Å². The third-order valence-corrected chi connectivity index (χ3v) is 5.83. The van der Waals surface area contributed by atoms with Crippen LogP contribution in [-0.4, -0.2) is 16.4 Å². The molecule has 1 heterocycles. The number of rotatable bonds is 6. The van der Waals surface area contributed by atoms with E-state index in [9.17, 15) is 4.39 Å². The van der Waals surface area contributed by atoms with Crippen molar-refractivity contribution >= 4 is 0 Å². The highest BCUT2D eigenvalue weighted by molar-refractivity contribution is 5.37. The van der Waals surface area contributed by atoms with Crippen LogP contribution in [0.5, 0.6) is 0 Å². The highest BCUT2D eigenvalue weighted by atomic mass is 19.1. The minimum absolute atomic E-state index is 0.116. The minimum Gasteiger partial charge on any atom is -0.374 e. The molecule has 0 aliphatic heterocycles. The zero-order valence-electron chi connectivity index (χ0n) is 16.6. The molecule has 0 N–H and O–H groups in total. The number of fused-ring (bicyclic) bond motifs is 1. The van der Waals surface area contributed by atoms with Gasteiger partial charge in [0.05, 0.1) is 18.0 Å². The van der Waals surface area contributed by atoms with Crippen molar-refractivity contribution < 1.29 is 9.13 Å². The molecule has 1 aliphatic carbocycles. The Kier molecular flexibility index (Phi) is 5.31. The first-order valence-corrected chi connectivity index (χ1v) is 10.1. The summed E-state index contributed by atoms with van der Waals surface area (Å²) in [6.07, 6.45) is 6.13. The number of halogens is 1. The van der Waals surface area contributed by atoms with Crippen molar-refractivity contribution in [2.45, 2.75) is 45.6 Å². The molecule has 1 aromatic heterocycles. The Morgan fingerprint density at radius 2 is 1.89 bits per heavy atom. The molecule has 2 aromatic carbocycles. The van der Waals surface area contributed by atoms with Gasteiger partial charge in [0, 0.05) is 12.3 Å². The molecule has 1 unspecified atom stereocenters. The fourth-order valence-electron chi connectivity index (χ4n) is 4.36. The van der Waals surface area contributed by atoms with E-state index in [4.69, 9.17) is 4.74 Å². The average Bonchev–Trinajstić information content (AvgIpc) is 3.11. The maximum atomic E-state index is 13.3. The molecule has 0 radical (unpaired) electrons. The van der Waals surface area contributed by atoms with Crippen molar-refractivity contribution in [3.8, 4) is 5.69 Å². The molecule has 28 heavy (non-hydrogen) atoms. The van der Waals surface area contributed by atoms with Gasteiger partial charge in [-0.3, -0.25) is 0 Å². The van der Waals surface area contributed by atoms with Gasteiger partial charge in [-0.1, -0.05) is 37.3 Å². The van der Waals surface area contributed by atoms with Gasteiger partial charge < -0.3 is 4.74 Å². The van der Waals surface area contributed by atoms with Gasteiger partial charge in [0.2, 0.25) is 0 Å². The summed E-state index contributed by atoms with van der Waals surface area (Å²) in [5.74, 6) is -0.222. The third kappa shape index (κ3) is 3.88. The van der Waals surface area contributed by atoms with E-state index in [1.54, 1.807) is 12.1 Å². The summed E-state index contributed by atoms with van der Waals surface area (Å²) in [6.45, 7) is 5.13. The van der Waals surface area contributed by atoms with Gasteiger partial charge in [-0.2, -0.15) is 5.10 Å². The predicted octanol–water partition coefficient (Wildman–Crippen LogP) is 5.67. The van der Waals surface area contributed by atoms with E-state index >= 15 is 0 Å². The summed E-state index contributed by atoms with van der Waals surface area (Å²) in [7, 11) is 0. The number of hydrogen-bond acceptors (Lipinski definition) is 2. The van der Waals surface area contributed by atoms with E-state index in [0.29, 0.717) is 6.61 Å². The van der Waals surface area contributed by atoms with Crippen LogP contribution in [0.1, 0.15) is 49.6 Å². The molecular formula is C24H27FN2O. The average molecular weight is 378 g/mol. The lowest BCUT2D eigenvalue weighted by Gasteiger charge is -2.36. The normalized spacial score (nSPS) is 20.0. The standard InChI is InChI=1S/C24H27FN2O/c1-3-28-23(18-7-5-4-6-8-18)16-24(2)14-13-22-19(15-24)17-26-27(22)21-11-9-20(25)10-12-21/h4-12,17,23H,3,13-16H2,1-2H3/t23?,24-/m1/s1. The second-order valence-electron chi connectivity index (χ2n) is 8.05. The summed E-state index contributed by atoms with van der Waals surface area (Å²) in [5, 5.41) is 4.60. The second kappa shape index (κ2) is 7.88. The molecule has 4 heteroatoms. The lowest BCUT2D eigenvalue weighted by Crippen LogP contribution is -2.29. The van der Waals surface area contributed by atoms with Crippen LogP contribution in [0.3, 0.4) is 0 Å². The molecule has 0 bridgehead atoms. The molecule has 0 spiro atoms. The van der Waals surface area contributed by atoms with E-state index in [0.717, 1.165) is 31.4 Å². The largest absolute Gasteiger partial charge is 0.374 e. The smallest absolute Gasteiger partial charge is 0.123 e. The number of nitrogens with zero attached hydrogens (tertiary/aromatic N) is 2. The molecule has 3 aromatic rings. The van der Waals surface area contributed by atoms with E-state index in [2.05, 4.69) is 43.2 Å². The van der Waals surface area contributed by atoms with Crippen molar-refractivity contribution in [1.29, 1.82) is 0 Å². The van der Waals surface area contributed by atoms with Crippen molar-refractivity contribution in [3.05, 3.63) is 83.4 Å². The SMILES string of the molecule is CCOC(C[C@]1(C)CCc2c(cnn2-c2ccc(F)cc2)C1)c1ccccc1. The van der Waals surface area contributed by atoms with Crippen LogP contribution in [0.15, 0.2) is 60.8 Å². The van der Waals surface area contributed by atoms with E-state index in [1.807, 2.05) is 16.9 Å². The number of hydrogen-bond donors (Lipinski definition) is 0. The van der Waals surface area contributed by atoms with Crippen LogP contribution in [0.4, 0.5) is 4.39 Å². The van der Waals surface area contributed by atoms with E-state index in [-0.39, 0.29) is 17.3 Å². The molecule has 4 rings (SSSR count). The first-order valence-electron chi connectivity index (χ1n) is 10.1. The zero-order chi connectivity index (χ0) is 19.6. The molecule has 3 nitrogen and oxygen atoms in total. The lowest BCUT2D eigenvalue weighted by molar-refractivity contribution is 0.0211. The molecular weight excluding hydrogens is 351 g/mol. The van der Waals surface area contributed by atoms with Crippen molar-refractivity contribution in [2.24, 2.45) is 5.41 Å². The lowest BCUT2D eigenvalue weighted by atomic mass is 9.71. The minimum atomic E-state index is -0.222. The molecule has 0 saturated carbocycles. The fraction of sp³-hybridized carbons (Fsp3) is 0.375. The highest BCUT2D eigenvalue weighted by Gasteiger charge is 2.35. The fourth-order valence-corrected chi connectivity index (χ4v) is 4.36. The predicted molar refractivity (Wildman–Crippen MR) is 109 cm³/mol. The van der Waals surface area contributed by atoms with Gasteiger partial charge >= 0.3 is 0 Å². The zero-order valence-corrected chi connectivity index (χ0v) is 16.6. The molecule has 0 amide bonds. The van der Waals surface area contributed by atoms with Crippen LogP contribution in [0.25, 0.3) is 5.69 Å². The molecule has 1 aliphatic rings. The molecule has 0 saturated heterocycles. The molecule has 146 valence electrons. The van der Waals surface area contributed by atoms with Crippen LogP contribution in [0, 0.1) is 11.2 Å². The van der Waals surface area contributed by atoms with Gasteiger partial charge in [-0.05, 0) is 73.4 Å². The quantitative estimate of drug-likeness (QED) is 0.552. The van der Waals surface area contributed by atoms with Crippen LogP contribution in [0.2, 0.25) is 0 Å². The van der Waals surface area contributed by atoms with Gasteiger partial charge in [0.15, 0.2) is 0 Å². The number of aromatic nitrogens is 2. The maximum absolute atomic E-state index is 13.3. The monoisotopic (exact) mass is 378 g/mol. The summed E-state index contributed by atoms with van der Waals surface area (Å²) in [4.78, 5) is 0. The number of benzene rings is 2. The topological polar surface area (TPSA) is 27.1 Å². The van der Waals surface area contributed by atoms with Crippen LogP contribution < -0.4 is 0 Å². The van der Waals surface area contributed by atoms with E-state index in [1.165, 1.54) is 29.0 Å². The first-order chi connectivity index (χ1) is 13.6. The van der Waals surface area contributed by atoms with Gasteiger partial charge in [-0.25, -0.2) is 9.07 Å². The molecule has 2 atom stereocenters. The maximum Gasteiger partial charge on any atom is 0.123 e. The summed E-state index contributed by atoms with van der Waals surface area (Å²) < 4.78 is 21.3. The Bertz CT molecular complexity index is 920. The van der Waals surface area contributed by atoms with Crippen LogP contribution >= 0.6 is 0 Å². The Labute approximate surface area is 166 Å². The Morgan fingerprint density at radius 3 is 2.61 bits per heavy atom. The van der Waals surface area contributed by atoms with Crippen molar-refractivity contribution in [1.82, 2.24) is 9.78 Å².